The Morgan fingerprint density at radius 1 is 1.31 bits per heavy atom. The molecule has 1 aromatic rings. The molecule has 0 atom stereocenters. The summed E-state index contributed by atoms with van der Waals surface area (Å²) in [7, 11) is 0. The first-order chi connectivity index (χ1) is 7.41. The second-order valence-electron chi connectivity index (χ2n) is 3.29. The van der Waals surface area contributed by atoms with Crippen molar-refractivity contribution in [1.82, 2.24) is 0 Å². The highest BCUT2D eigenvalue weighted by atomic mass is 16.4. The van der Waals surface area contributed by atoms with Gasteiger partial charge in [-0.15, -0.1) is 0 Å². The van der Waals surface area contributed by atoms with Crippen LogP contribution in [0.5, 0.6) is 0 Å². The lowest BCUT2D eigenvalue weighted by atomic mass is 10.0. The van der Waals surface area contributed by atoms with Gasteiger partial charge in [-0.1, -0.05) is 0 Å². The van der Waals surface area contributed by atoms with E-state index in [-0.39, 0.29) is 11.3 Å². The molecule has 1 aromatic carbocycles. The minimum Gasteiger partial charge on any atom is -0.478 e. The third-order valence-corrected chi connectivity index (χ3v) is 1.99. The first kappa shape index (κ1) is 11.8. The maximum Gasteiger partial charge on any atom is 0.337 e. The monoisotopic (exact) mass is 221 g/mol. The zero-order valence-corrected chi connectivity index (χ0v) is 8.60. The number of carboxylic acids is 2. The molecule has 4 N–H and O–H groups in total. The van der Waals surface area contributed by atoms with Crippen molar-refractivity contribution in [1.29, 1.82) is 0 Å². The van der Waals surface area contributed by atoms with E-state index in [2.05, 4.69) is 0 Å². The Hall–Kier alpha value is -2.30. The van der Waals surface area contributed by atoms with Crippen LogP contribution in [0.15, 0.2) is 18.2 Å². The summed E-state index contributed by atoms with van der Waals surface area (Å²) in [6, 6.07) is 3.07. The summed E-state index contributed by atoms with van der Waals surface area (Å²) in [4.78, 5) is 21.2. The van der Waals surface area contributed by atoms with E-state index in [1.807, 2.05) is 0 Å². The molecular formula is C11H11NO4. The van der Waals surface area contributed by atoms with E-state index in [1.54, 1.807) is 13.0 Å². The van der Waals surface area contributed by atoms with Crippen molar-refractivity contribution in [3.05, 3.63) is 34.9 Å². The minimum atomic E-state index is -1.13. The van der Waals surface area contributed by atoms with Gasteiger partial charge in [0.25, 0.3) is 0 Å². The largest absolute Gasteiger partial charge is 0.478 e. The molecule has 0 saturated heterocycles. The Kier molecular flexibility index (Phi) is 3.30. The van der Waals surface area contributed by atoms with Gasteiger partial charge >= 0.3 is 11.9 Å². The minimum absolute atomic E-state index is 0.0231. The van der Waals surface area contributed by atoms with Crippen molar-refractivity contribution >= 4 is 23.7 Å². The number of nitrogens with two attached hydrogens (primary N) is 1. The van der Waals surface area contributed by atoms with Crippen molar-refractivity contribution in [3.8, 4) is 0 Å². The Bertz CT molecular complexity index is 477. The summed E-state index contributed by atoms with van der Waals surface area (Å²) in [6.45, 7) is 1.71. The van der Waals surface area contributed by atoms with Gasteiger partial charge in [0.1, 0.15) is 0 Å². The fraction of sp³-hybridized carbons (Fsp3) is 0.0909. The lowest BCUT2D eigenvalue weighted by Crippen LogP contribution is -2.04. The van der Waals surface area contributed by atoms with Crippen LogP contribution < -0.4 is 5.73 Å². The van der Waals surface area contributed by atoms with E-state index in [0.717, 1.165) is 6.08 Å². The molecule has 0 aliphatic heterocycles. The summed E-state index contributed by atoms with van der Waals surface area (Å²) in [5.41, 5.74) is 6.75. The second-order valence-corrected chi connectivity index (χ2v) is 3.29. The first-order valence-electron chi connectivity index (χ1n) is 4.46. The zero-order valence-electron chi connectivity index (χ0n) is 8.60. The lowest BCUT2D eigenvalue weighted by Gasteiger charge is -2.06. The standard InChI is InChI=1S/C11H11NO4/c1-6-4-7(2-3-9(13)14)10(12)8(5-6)11(15)16/h2-5H,12H2,1H3,(H,13,14)(H,15,16). The highest BCUT2D eigenvalue weighted by molar-refractivity contribution is 5.97. The van der Waals surface area contributed by atoms with Crippen LogP contribution in [0.2, 0.25) is 0 Å². The predicted octanol–water partition coefficient (Wildman–Crippen LogP) is 1.37. The number of hydrogen-bond acceptors (Lipinski definition) is 3. The van der Waals surface area contributed by atoms with Crippen molar-refractivity contribution in [2.75, 3.05) is 5.73 Å². The number of carboxylic acid groups (broad SMARTS) is 2. The molecular weight excluding hydrogens is 210 g/mol. The van der Waals surface area contributed by atoms with E-state index >= 15 is 0 Å². The molecule has 5 nitrogen and oxygen atoms in total. The molecule has 0 fully saturated rings. The number of hydrogen-bond donors (Lipinski definition) is 3. The summed E-state index contributed by atoms with van der Waals surface area (Å²) >= 11 is 0. The fourth-order valence-corrected chi connectivity index (χ4v) is 1.30. The van der Waals surface area contributed by atoms with Gasteiger partial charge in [-0.3, -0.25) is 0 Å². The maximum absolute atomic E-state index is 10.8. The second kappa shape index (κ2) is 4.48. The molecule has 0 unspecified atom stereocenters. The molecule has 0 aliphatic rings. The molecule has 0 radical (unpaired) electrons. The Morgan fingerprint density at radius 2 is 1.94 bits per heavy atom. The predicted molar refractivity (Wildman–Crippen MR) is 59.2 cm³/mol. The van der Waals surface area contributed by atoms with Crippen molar-refractivity contribution in [3.63, 3.8) is 0 Å². The topological polar surface area (TPSA) is 101 Å². The average Bonchev–Trinajstić information content (AvgIpc) is 2.18. The maximum atomic E-state index is 10.8. The number of aryl methyl sites for hydroxylation is 1. The van der Waals surface area contributed by atoms with Crippen molar-refractivity contribution in [2.45, 2.75) is 6.92 Å². The van der Waals surface area contributed by atoms with E-state index < -0.39 is 11.9 Å². The smallest absolute Gasteiger partial charge is 0.337 e. The fourth-order valence-electron chi connectivity index (χ4n) is 1.30. The first-order valence-corrected chi connectivity index (χ1v) is 4.46. The Labute approximate surface area is 91.8 Å². The SMILES string of the molecule is Cc1cc(C=CC(=O)O)c(N)c(C(=O)O)c1. The van der Waals surface area contributed by atoms with Gasteiger partial charge in [0.15, 0.2) is 0 Å². The molecule has 0 bridgehead atoms. The number of carbonyl (C=O) groups is 2. The van der Waals surface area contributed by atoms with Crippen LogP contribution in [0.1, 0.15) is 21.5 Å². The molecule has 0 spiro atoms. The van der Waals surface area contributed by atoms with Crippen LogP contribution in [-0.4, -0.2) is 22.2 Å². The summed E-state index contributed by atoms with van der Waals surface area (Å²) in [6.07, 6.45) is 2.19. The normalized spacial score (nSPS) is 10.6. The molecule has 16 heavy (non-hydrogen) atoms. The van der Waals surface area contributed by atoms with Gasteiger partial charge < -0.3 is 15.9 Å². The van der Waals surface area contributed by atoms with Crippen LogP contribution in [-0.2, 0) is 4.79 Å². The van der Waals surface area contributed by atoms with Crippen molar-refractivity contribution in [2.24, 2.45) is 0 Å². The lowest BCUT2D eigenvalue weighted by molar-refractivity contribution is -0.131. The zero-order chi connectivity index (χ0) is 12.3. The number of nitrogen functional groups attached to an aromatic ring is 1. The quantitative estimate of drug-likeness (QED) is 0.528. The Balaban J connectivity index is 3.29. The van der Waals surface area contributed by atoms with Gasteiger partial charge in [-0.25, -0.2) is 9.59 Å². The molecule has 84 valence electrons. The molecule has 0 heterocycles. The van der Waals surface area contributed by atoms with Crippen LogP contribution in [0.25, 0.3) is 6.08 Å². The Morgan fingerprint density at radius 3 is 2.44 bits per heavy atom. The molecule has 5 heteroatoms. The summed E-state index contributed by atoms with van der Waals surface area (Å²) in [5, 5.41) is 17.3. The third kappa shape index (κ3) is 2.60. The van der Waals surface area contributed by atoms with Gasteiger partial charge in [-0.2, -0.15) is 0 Å². The highest BCUT2D eigenvalue weighted by Gasteiger charge is 2.11. The van der Waals surface area contributed by atoms with Gasteiger partial charge in [0.2, 0.25) is 0 Å². The van der Waals surface area contributed by atoms with Crippen LogP contribution >= 0.6 is 0 Å². The molecule has 0 aliphatic carbocycles. The van der Waals surface area contributed by atoms with Crippen LogP contribution in [0.3, 0.4) is 0 Å². The number of anilines is 1. The van der Waals surface area contributed by atoms with E-state index in [4.69, 9.17) is 15.9 Å². The van der Waals surface area contributed by atoms with Gasteiger partial charge in [-0.05, 0) is 36.3 Å². The molecule has 0 amide bonds. The third-order valence-electron chi connectivity index (χ3n) is 1.99. The summed E-state index contributed by atoms with van der Waals surface area (Å²) in [5.74, 6) is -2.25. The van der Waals surface area contributed by atoms with E-state index in [1.165, 1.54) is 12.1 Å². The van der Waals surface area contributed by atoms with E-state index in [0.29, 0.717) is 11.1 Å². The van der Waals surface area contributed by atoms with Crippen molar-refractivity contribution < 1.29 is 19.8 Å². The number of rotatable bonds is 3. The average molecular weight is 221 g/mol. The molecule has 0 aromatic heterocycles. The highest BCUT2D eigenvalue weighted by Crippen LogP contribution is 2.21. The van der Waals surface area contributed by atoms with Gasteiger partial charge in [0, 0.05) is 6.08 Å². The molecule has 0 saturated carbocycles. The number of aliphatic carboxylic acids is 1. The van der Waals surface area contributed by atoms with Gasteiger partial charge in [0.05, 0.1) is 11.3 Å². The van der Waals surface area contributed by atoms with E-state index in [9.17, 15) is 9.59 Å². The number of benzene rings is 1. The van der Waals surface area contributed by atoms with Crippen LogP contribution in [0.4, 0.5) is 5.69 Å². The number of aromatic carboxylic acids is 1. The summed E-state index contributed by atoms with van der Waals surface area (Å²) < 4.78 is 0. The van der Waals surface area contributed by atoms with Crippen LogP contribution in [0, 0.1) is 6.92 Å². The molecule has 1 rings (SSSR count).